The number of benzene rings is 4. The number of aliphatic hydroxyl groups excluding tert-OH is 1. The molecule has 2 N–H and O–H groups in total. The zero-order valence-corrected chi connectivity index (χ0v) is 21.6. The van der Waals surface area contributed by atoms with Gasteiger partial charge in [0.1, 0.15) is 23.6 Å². The van der Waals surface area contributed by atoms with E-state index in [-0.39, 0.29) is 0 Å². The summed E-state index contributed by atoms with van der Waals surface area (Å²) in [6, 6.07) is 32.8. The first-order valence-electron chi connectivity index (χ1n) is 13.5. The van der Waals surface area contributed by atoms with E-state index in [1.165, 1.54) is 11.1 Å². The van der Waals surface area contributed by atoms with E-state index in [4.69, 9.17) is 4.74 Å². The quantitative estimate of drug-likeness (QED) is 0.246. The van der Waals surface area contributed by atoms with Crippen LogP contribution in [-0.2, 0) is 6.54 Å². The van der Waals surface area contributed by atoms with Gasteiger partial charge in [-0.1, -0.05) is 48.5 Å². The summed E-state index contributed by atoms with van der Waals surface area (Å²) in [5.41, 5.74) is 5.45. The second-order valence-electron chi connectivity index (χ2n) is 10.6. The molecule has 7 rings (SSSR count). The van der Waals surface area contributed by atoms with E-state index >= 15 is 0 Å². The molecule has 2 fully saturated rings. The summed E-state index contributed by atoms with van der Waals surface area (Å²) >= 11 is 0. The van der Waals surface area contributed by atoms with Crippen molar-refractivity contribution in [1.82, 2.24) is 14.9 Å². The SMILES string of the molecule is OCC1C2CN(Cc3ccc(-c4ccc5ncnc(Nc6ccc(Oc7ccccc7)cc6)c5c4)cc3)CC12. The summed E-state index contributed by atoms with van der Waals surface area (Å²) in [6.07, 6.45) is 1.59. The predicted molar refractivity (Wildman–Crippen MR) is 154 cm³/mol. The van der Waals surface area contributed by atoms with Crippen molar-refractivity contribution in [3.8, 4) is 22.6 Å². The van der Waals surface area contributed by atoms with E-state index in [0.29, 0.717) is 24.4 Å². The minimum atomic E-state index is 0.349. The minimum absolute atomic E-state index is 0.349. The third kappa shape index (κ3) is 4.97. The van der Waals surface area contributed by atoms with Crippen LogP contribution in [-0.4, -0.2) is 39.7 Å². The van der Waals surface area contributed by atoms with E-state index in [0.717, 1.165) is 59.1 Å². The number of anilines is 2. The van der Waals surface area contributed by atoms with Crippen LogP contribution in [0.5, 0.6) is 11.5 Å². The lowest BCUT2D eigenvalue weighted by Crippen LogP contribution is -2.24. The second kappa shape index (κ2) is 10.1. The molecule has 1 aromatic heterocycles. The third-order valence-electron chi connectivity index (χ3n) is 8.08. The van der Waals surface area contributed by atoms with Crippen LogP contribution in [0, 0.1) is 17.8 Å². The van der Waals surface area contributed by atoms with Crippen molar-refractivity contribution in [1.29, 1.82) is 0 Å². The first kappa shape index (κ1) is 23.8. The number of ether oxygens (including phenoxy) is 1. The van der Waals surface area contributed by atoms with Gasteiger partial charge in [0.2, 0.25) is 0 Å². The van der Waals surface area contributed by atoms with Crippen LogP contribution < -0.4 is 10.1 Å². The molecule has 194 valence electrons. The van der Waals surface area contributed by atoms with Crippen LogP contribution in [0.2, 0.25) is 0 Å². The fourth-order valence-electron chi connectivity index (χ4n) is 5.90. The Bertz CT molecular complexity index is 1580. The monoisotopic (exact) mass is 514 g/mol. The number of rotatable bonds is 8. The van der Waals surface area contributed by atoms with Gasteiger partial charge in [0, 0.05) is 37.3 Å². The van der Waals surface area contributed by atoms with Crippen LogP contribution in [0.1, 0.15) is 5.56 Å². The van der Waals surface area contributed by atoms with E-state index in [9.17, 15) is 5.11 Å². The van der Waals surface area contributed by atoms with E-state index in [1.807, 2.05) is 54.6 Å². The van der Waals surface area contributed by atoms with Gasteiger partial charge in [-0.2, -0.15) is 0 Å². The van der Waals surface area contributed by atoms with Gasteiger partial charge >= 0.3 is 0 Å². The molecular formula is C33H30N4O2. The average molecular weight is 515 g/mol. The number of hydrogen-bond acceptors (Lipinski definition) is 6. The minimum Gasteiger partial charge on any atom is -0.457 e. The van der Waals surface area contributed by atoms with Crippen LogP contribution in [0.3, 0.4) is 0 Å². The Hall–Kier alpha value is -4.26. The van der Waals surface area contributed by atoms with E-state index in [1.54, 1.807) is 6.33 Å². The summed E-state index contributed by atoms with van der Waals surface area (Å²) < 4.78 is 5.91. The molecule has 2 aliphatic rings. The topological polar surface area (TPSA) is 70.5 Å². The van der Waals surface area contributed by atoms with Crippen molar-refractivity contribution in [2.75, 3.05) is 25.0 Å². The van der Waals surface area contributed by atoms with Crippen molar-refractivity contribution in [2.45, 2.75) is 6.54 Å². The van der Waals surface area contributed by atoms with Crippen LogP contribution in [0.4, 0.5) is 11.5 Å². The number of piperidine rings is 1. The van der Waals surface area contributed by atoms with Crippen molar-refractivity contribution in [3.63, 3.8) is 0 Å². The molecule has 1 saturated carbocycles. The number of nitrogens with one attached hydrogen (secondary N) is 1. The van der Waals surface area contributed by atoms with Gasteiger partial charge < -0.3 is 15.2 Å². The lowest BCUT2D eigenvalue weighted by molar-refractivity contribution is 0.217. The van der Waals surface area contributed by atoms with E-state index < -0.39 is 0 Å². The highest BCUT2D eigenvalue weighted by molar-refractivity contribution is 5.93. The lowest BCUT2D eigenvalue weighted by atomic mass is 10.0. The van der Waals surface area contributed by atoms with Crippen molar-refractivity contribution < 1.29 is 9.84 Å². The Morgan fingerprint density at radius 2 is 1.51 bits per heavy atom. The molecule has 2 atom stereocenters. The van der Waals surface area contributed by atoms with Gasteiger partial charge in [-0.3, -0.25) is 4.90 Å². The maximum atomic E-state index is 9.40. The van der Waals surface area contributed by atoms with Crippen LogP contribution in [0.25, 0.3) is 22.0 Å². The lowest BCUT2D eigenvalue weighted by Gasteiger charge is -2.19. The molecule has 0 radical (unpaired) electrons. The highest BCUT2D eigenvalue weighted by atomic mass is 16.5. The Morgan fingerprint density at radius 1 is 0.795 bits per heavy atom. The summed E-state index contributed by atoms with van der Waals surface area (Å²) in [6.45, 7) is 3.55. The molecule has 2 unspecified atom stereocenters. The standard InChI is InChI=1S/C33H30N4O2/c38-20-31-29-18-37(19-30(29)31)17-22-6-8-23(9-7-22)24-10-15-32-28(16-24)33(35-21-34-32)36-25-11-13-27(14-12-25)39-26-4-2-1-3-5-26/h1-16,21,29-31,38H,17-20H2,(H,34,35,36). The molecule has 1 aliphatic heterocycles. The zero-order chi connectivity index (χ0) is 26.2. The smallest absolute Gasteiger partial charge is 0.141 e. The molecule has 39 heavy (non-hydrogen) atoms. The summed E-state index contributed by atoms with van der Waals surface area (Å²) in [4.78, 5) is 11.5. The molecule has 1 saturated heterocycles. The molecule has 6 heteroatoms. The molecule has 6 nitrogen and oxygen atoms in total. The predicted octanol–water partition coefficient (Wildman–Crippen LogP) is 6.50. The Labute approximate surface area is 227 Å². The Kier molecular flexibility index (Phi) is 6.19. The molecule has 0 amide bonds. The molecular weight excluding hydrogens is 484 g/mol. The highest BCUT2D eigenvalue weighted by Gasteiger charge is 2.54. The number of para-hydroxylation sites is 1. The average Bonchev–Trinajstić information content (AvgIpc) is 3.46. The molecule has 5 aromatic rings. The molecule has 1 aliphatic carbocycles. The third-order valence-corrected chi connectivity index (χ3v) is 8.08. The first-order valence-corrected chi connectivity index (χ1v) is 13.5. The maximum Gasteiger partial charge on any atom is 0.141 e. The van der Waals surface area contributed by atoms with Gasteiger partial charge in [0.05, 0.1) is 5.52 Å². The highest BCUT2D eigenvalue weighted by Crippen LogP contribution is 2.51. The molecule has 0 spiro atoms. The fourth-order valence-corrected chi connectivity index (χ4v) is 5.90. The number of nitrogens with zero attached hydrogens (tertiary/aromatic N) is 3. The number of likely N-dealkylation sites (tertiary alicyclic amines) is 1. The number of fused-ring (bicyclic) bond motifs is 2. The Balaban J connectivity index is 1.06. The summed E-state index contributed by atoms with van der Waals surface area (Å²) in [5.74, 6) is 4.32. The summed E-state index contributed by atoms with van der Waals surface area (Å²) in [5, 5.41) is 13.8. The van der Waals surface area contributed by atoms with Crippen molar-refractivity contribution in [3.05, 3.63) is 109 Å². The normalized spacial score (nSPS) is 20.1. The number of hydrogen-bond donors (Lipinski definition) is 2. The number of aliphatic hydroxyl groups is 1. The van der Waals surface area contributed by atoms with Crippen molar-refractivity contribution in [2.24, 2.45) is 17.8 Å². The zero-order valence-electron chi connectivity index (χ0n) is 21.6. The van der Waals surface area contributed by atoms with Gasteiger partial charge in [-0.25, -0.2) is 9.97 Å². The number of aromatic nitrogens is 2. The largest absolute Gasteiger partial charge is 0.457 e. The van der Waals surface area contributed by atoms with Crippen molar-refractivity contribution >= 4 is 22.4 Å². The Morgan fingerprint density at radius 3 is 2.26 bits per heavy atom. The molecule has 2 heterocycles. The fraction of sp³-hybridized carbons (Fsp3) is 0.212. The molecule has 4 aromatic carbocycles. The maximum absolute atomic E-state index is 9.40. The van der Waals surface area contributed by atoms with Gasteiger partial charge in [-0.05, 0) is 83.0 Å². The van der Waals surface area contributed by atoms with Crippen LogP contribution >= 0.6 is 0 Å². The second-order valence-corrected chi connectivity index (χ2v) is 10.6. The van der Waals surface area contributed by atoms with E-state index in [2.05, 4.69) is 62.6 Å². The summed E-state index contributed by atoms with van der Waals surface area (Å²) in [7, 11) is 0. The van der Waals surface area contributed by atoms with Gasteiger partial charge in [0.25, 0.3) is 0 Å². The molecule has 0 bridgehead atoms. The van der Waals surface area contributed by atoms with Crippen LogP contribution in [0.15, 0.2) is 103 Å². The first-order chi connectivity index (χ1) is 19.2. The van der Waals surface area contributed by atoms with Gasteiger partial charge in [-0.15, -0.1) is 0 Å². The van der Waals surface area contributed by atoms with Gasteiger partial charge in [0.15, 0.2) is 0 Å².